The molecule has 3 rings (SSSR count). The van der Waals surface area contributed by atoms with Crippen molar-refractivity contribution >= 4 is 29.1 Å². The molecule has 0 aliphatic heterocycles. The van der Waals surface area contributed by atoms with Crippen LogP contribution in [0.1, 0.15) is 12.1 Å². The molecule has 0 spiro atoms. The van der Waals surface area contributed by atoms with Crippen LogP contribution in [0, 0.1) is 5.82 Å². The monoisotopic (exact) mass is 459 g/mol. The van der Waals surface area contributed by atoms with Gasteiger partial charge in [0, 0.05) is 17.3 Å². The van der Waals surface area contributed by atoms with Crippen LogP contribution in [0.4, 0.5) is 10.1 Å². The van der Waals surface area contributed by atoms with Crippen LogP contribution in [-0.2, 0) is 16.1 Å². The van der Waals surface area contributed by atoms with Crippen LogP contribution in [0.2, 0.25) is 5.02 Å². The second-order valence-electron chi connectivity index (χ2n) is 7.07. The third-order valence-electron chi connectivity index (χ3n) is 4.74. The Kier molecular flexibility index (Phi) is 7.93. The Morgan fingerprint density at radius 3 is 2.59 bits per heavy atom. The van der Waals surface area contributed by atoms with E-state index in [0.29, 0.717) is 17.1 Å². The van der Waals surface area contributed by atoms with E-state index >= 15 is 0 Å². The number of anilines is 1. The zero-order chi connectivity index (χ0) is 23.1. The molecule has 2 unspecified atom stereocenters. The molecular weight excluding hydrogens is 437 g/mol. The van der Waals surface area contributed by atoms with Gasteiger partial charge >= 0.3 is 0 Å². The third-order valence-corrected chi connectivity index (χ3v) is 5.03. The lowest BCUT2D eigenvalue weighted by Gasteiger charge is -2.19. The molecule has 0 bridgehead atoms. The van der Waals surface area contributed by atoms with Crippen molar-refractivity contribution in [2.24, 2.45) is 5.73 Å². The van der Waals surface area contributed by atoms with Crippen molar-refractivity contribution in [3.63, 3.8) is 0 Å². The van der Waals surface area contributed by atoms with Gasteiger partial charge in [-0.25, -0.2) is 4.39 Å². The summed E-state index contributed by atoms with van der Waals surface area (Å²) in [7, 11) is 1.58. The minimum atomic E-state index is -0.949. The molecule has 32 heavy (non-hydrogen) atoms. The van der Waals surface area contributed by atoms with Crippen molar-refractivity contribution in [3.8, 4) is 11.3 Å². The average Bonchev–Trinajstić information content (AvgIpc) is 3.27. The summed E-state index contributed by atoms with van der Waals surface area (Å²) in [4.78, 5) is 24.9. The minimum absolute atomic E-state index is 0.0389. The first-order valence-electron chi connectivity index (χ1n) is 9.85. The summed E-state index contributed by atoms with van der Waals surface area (Å²) < 4.78 is 18.6. The van der Waals surface area contributed by atoms with Gasteiger partial charge < -0.3 is 26.2 Å². The summed E-state index contributed by atoms with van der Waals surface area (Å²) in [5.41, 5.74) is 7.73. The van der Waals surface area contributed by atoms with E-state index in [4.69, 9.17) is 21.9 Å². The van der Waals surface area contributed by atoms with E-state index in [1.165, 1.54) is 12.1 Å². The molecule has 0 aliphatic rings. The van der Waals surface area contributed by atoms with Gasteiger partial charge in [-0.05, 0) is 31.7 Å². The second kappa shape index (κ2) is 10.9. The van der Waals surface area contributed by atoms with Gasteiger partial charge in [-0.15, -0.1) is 0 Å². The van der Waals surface area contributed by atoms with Crippen LogP contribution in [-0.4, -0.2) is 36.1 Å². The number of likely N-dealkylation sites (N-methyl/N-ethyl adjacent to an activating group) is 1. The summed E-state index contributed by atoms with van der Waals surface area (Å²) in [6.45, 7) is 0.132. The summed E-state index contributed by atoms with van der Waals surface area (Å²) in [6, 6.07) is 13.3. The fourth-order valence-electron chi connectivity index (χ4n) is 2.96. The zero-order valence-corrected chi connectivity index (χ0v) is 18.0. The number of hydrogen-bond donors (Lipinski definition) is 4. The first-order valence-corrected chi connectivity index (χ1v) is 10.2. The van der Waals surface area contributed by atoms with E-state index in [0.717, 1.165) is 11.6 Å². The molecule has 10 heteroatoms. The SMILES string of the molecule is CNC(CC(N)C(=O)NCc1cc(-c2ccccc2)on1)C(=O)Nc1ccc(F)c(Cl)c1. The molecule has 2 aromatic carbocycles. The van der Waals surface area contributed by atoms with Crippen LogP contribution < -0.4 is 21.7 Å². The van der Waals surface area contributed by atoms with E-state index < -0.39 is 29.7 Å². The molecule has 3 aromatic rings. The van der Waals surface area contributed by atoms with Gasteiger partial charge in [0.05, 0.1) is 23.7 Å². The maximum absolute atomic E-state index is 13.3. The fraction of sp³-hybridized carbons (Fsp3) is 0.227. The van der Waals surface area contributed by atoms with Gasteiger partial charge in [0.15, 0.2) is 5.76 Å². The highest BCUT2D eigenvalue weighted by atomic mass is 35.5. The van der Waals surface area contributed by atoms with Gasteiger partial charge in [-0.2, -0.15) is 0 Å². The van der Waals surface area contributed by atoms with Gasteiger partial charge in [0.1, 0.15) is 11.5 Å². The molecule has 1 aromatic heterocycles. The Labute approximate surface area is 189 Å². The summed E-state index contributed by atoms with van der Waals surface area (Å²) >= 11 is 5.73. The molecule has 168 valence electrons. The van der Waals surface area contributed by atoms with Crippen LogP contribution in [0.5, 0.6) is 0 Å². The first-order chi connectivity index (χ1) is 15.4. The molecule has 0 saturated carbocycles. The van der Waals surface area contributed by atoms with Gasteiger partial charge in [-0.1, -0.05) is 47.1 Å². The topological polar surface area (TPSA) is 122 Å². The molecule has 5 N–H and O–H groups in total. The van der Waals surface area contributed by atoms with Crippen molar-refractivity contribution in [2.45, 2.75) is 25.0 Å². The molecule has 0 aliphatic carbocycles. The number of aromatic nitrogens is 1. The van der Waals surface area contributed by atoms with Crippen LogP contribution >= 0.6 is 11.6 Å². The first kappa shape index (κ1) is 23.4. The third kappa shape index (κ3) is 6.13. The van der Waals surface area contributed by atoms with Crippen LogP contribution in [0.3, 0.4) is 0 Å². The molecule has 1 heterocycles. The van der Waals surface area contributed by atoms with Crippen LogP contribution in [0.25, 0.3) is 11.3 Å². The maximum Gasteiger partial charge on any atom is 0.241 e. The Hall–Kier alpha value is -3.27. The second-order valence-corrected chi connectivity index (χ2v) is 7.48. The smallest absolute Gasteiger partial charge is 0.241 e. The number of hydrogen-bond acceptors (Lipinski definition) is 6. The number of carbonyl (C=O) groups excluding carboxylic acids is 2. The average molecular weight is 460 g/mol. The number of nitrogens with one attached hydrogen (secondary N) is 3. The van der Waals surface area contributed by atoms with Gasteiger partial charge in [0.25, 0.3) is 0 Å². The molecule has 0 radical (unpaired) electrons. The summed E-state index contributed by atoms with van der Waals surface area (Å²) in [5, 5.41) is 12.0. The lowest BCUT2D eigenvalue weighted by atomic mass is 10.1. The Bertz CT molecular complexity index is 1080. The van der Waals surface area contributed by atoms with Gasteiger partial charge in [0.2, 0.25) is 11.8 Å². The number of halogens is 2. The molecule has 8 nitrogen and oxygen atoms in total. The Morgan fingerprint density at radius 1 is 1.16 bits per heavy atom. The van der Waals surface area contributed by atoms with Crippen molar-refractivity contribution in [1.82, 2.24) is 15.8 Å². The minimum Gasteiger partial charge on any atom is -0.356 e. The lowest BCUT2D eigenvalue weighted by molar-refractivity contribution is -0.123. The van der Waals surface area contributed by atoms with E-state index in [9.17, 15) is 14.0 Å². The van der Waals surface area contributed by atoms with Crippen molar-refractivity contribution in [2.75, 3.05) is 12.4 Å². The quantitative estimate of drug-likeness (QED) is 0.390. The van der Waals surface area contributed by atoms with E-state index in [2.05, 4.69) is 21.1 Å². The van der Waals surface area contributed by atoms with Gasteiger partial charge in [-0.3, -0.25) is 9.59 Å². The van der Waals surface area contributed by atoms with Crippen molar-refractivity contribution < 1.29 is 18.5 Å². The van der Waals surface area contributed by atoms with Crippen molar-refractivity contribution in [1.29, 1.82) is 0 Å². The normalized spacial score (nSPS) is 12.8. The maximum atomic E-state index is 13.3. The summed E-state index contributed by atoms with van der Waals surface area (Å²) in [5.74, 6) is -0.863. The highest BCUT2D eigenvalue weighted by Crippen LogP contribution is 2.20. The van der Waals surface area contributed by atoms with Crippen LogP contribution in [0.15, 0.2) is 59.1 Å². The molecule has 0 fully saturated rings. The van der Waals surface area contributed by atoms with E-state index in [1.807, 2.05) is 30.3 Å². The molecule has 0 saturated heterocycles. The zero-order valence-electron chi connectivity index (χ0n) is 17.3. The molecular formula is C22H23ClFN5O3. The largest absolute Gasteiger partial charge is 0.356 e. The fourth-order valence-corrected chi connectivity index (χ4v) is 3.14. The van der Waals surface area contributed by atoms with E-state index in [1.54, 1.807) is 13.1 Å². The van der Waals surface area contributed by atoms with Crippen molar-refractivity contribution in [3.05, 3.63) is 71.1 Å². The predicted octanol–water partition coefficient (Wildman–Crippen LogP) is 2.69. The highest BCUT2D eigenvalue weighted by molar-refractivity contribution is 6.31. The number of nitrogens with zero attached hydrogens (tertiary/aromatic N) is 1. The van der Waals surface area contributed by atoms with E-state index in [-0.39, 0.29) is 18.0 Å². The number of amides is 2. The Morgan fingerprint density at radius 2 is 1.91 bits per heavy atom. The number of carbonyl (C=O) groups is 2. The number of benzene rings is 2. The lowest BCUT2D eigenvalue weighted by Crippen LogP contribution is -2.48. The number of rotatable bonds is 9. The molecule has 2 amide bonds. The summed E-state index contributed by atoms with van der Waals surface area (Å²) in [6.07, 6.45) is 0.0389. The standard InChI is InChI=1S/C22H23ClFN5O3/c1-26-19(22(31)28-14-7-8-17(24)16(23)9-14)11-18(25)21(30)27-12-15-10-20(32-29-15)13-5-3-2-4-6-13/h2-10,18-19,26H,11-12,25H2,1H3,(H,27,30)(H,28,31). The predicted molar refractivity (Wildman–Crippen MR) is 119 cm³/mol. The highest BCUT2D eigenvalue weighted by Gasteiger charge is 2.24. The number of nitrogens with two attached hydrogens (primary N) is 1. The molecule has 2 atom stereocenters. The Balaban J connectivity index is 1.51.